The fourth-order valence-corrected chi connectivity index (χ4v) is 1.86. The highest BCUT2D eigenvalue weighted by Gasteiger charge is 2.08. The van der Waals surface area contributed by atoms with Crippen LogP contribution in [0.2, 0.25) is 0 Å². The molecule has 1 amide bonds. The number of aliphatic hydroxyl groups is 1. The van der Waals surface area contributed by atoms with Crippen molar-refractivity contribution in [2.45, 2.75) is 13.5 Å². The lowest BCUT2D eigenvalue weighted by Crippen LogP contribution is -2.12. The maximum absolute atomic E-state index is 12.1. The zero-order valence-corrected chi connectivity index (χ0v) is 11.5. The van der Waals surface area contributed by atoms with Crippen LogP contribution in [-0.2, 0) is 6.61 Å². The first-order valence-corrected chi connectivity index (χ1v) is 6.30. The second-order valence-corrected chi connectivity index (χ2v) is 4.49. The summed E-state index contributed by atoms with van der Waals surface area (Å²) in [5.41, 5.74) is 3.02. The number of hydrogen-bond acceptors (Lipinski definition) is 3. The summed E-state index contributed by atoms with van der Waals surface area (Å²) in [6.07, 6.45) is 0. The summed E-state index contributed by atoms with van der Waals surface area (Å²) in [7, 11) is 1.58. The van der Waals surface area contributed by atoms with Crippen LogP contribution in [0, 0.1) is 6.92 Å². The van der Waals surface area contributed by atoms with E-state index >= 15 is 0 Å². The van der Waals surface area contributed by atoms with Crippen molar-refractivity contribution < 1.29 is 14.6 Å². The number of nitrogens with one attached hydrogen (secondary N) is 1. The van der Waals surface area contributed by atoms with Crippen LogP contribution in [0.25, 0.3) is 0 Å². The van der Waals surface area contributed by atoms with Crippen LogP contribution >= 0.6 is 0 Å². The predicted molar refractivity (Wildman–Crippen MR) is 78.0 cm³/mol. The molecule has 104 valence electrons. The fourth-order valence-electron chi connectivity index (χ4n) is 1.86. The van der Waals surface area contributed by atoms with Crippen molar-refractivity contribution in [3.63, 3.8) is 0 Å². The van der Waals surface area contributed by atoms with Crippen LogP contribution < -0.4 is 10.1 Å². The van der Waals surface area contributed by atoms with Crippen molar-refractivity contribution in [2.75, 3.05) is 12.4 Å². The minimum absolute atomic E-state index is 0.0105. The Labute approximate surface area is 118 Å². The third-order valence-corrected chi connectivity index (χ3v) is 3.06. The summed E-state index contributed by atoms with van der Waals surface area (Å²) in [4.78, 5) is 12.1. The van der Waals surface area contributed by atoms with Gasteiger partial charge in [0.25, 0.3) is 5.91 Å². The van der Waals surface area contributed by atoms with E-state index in [0.717, 1.165) is 11.1 Å². The number of rotatable bonds is 4. The summed E-state index contributed by atoms with van der Waals surface area (Å²) in [5.74, 6) is 0.494. The van der Waals surface area contributed by atoms with Gasteiger partial charge >= 0.3 is 0 Å². The van der Waals surface area contributed by atoms with Gasteiger partial charge in [-0.05, 0) is 42.3 Å². The van der Waals surface area contributed by atoms with Gasteiger partial charge in [-0.1, -0.05) is 18.2 Å². The van der Waals surface area contributed by atoms with Crippen molar-refractivity contribution >= 4 is 11.6 Å². The molecule has 0 saturated heterocycles. The van der Waals surface area contributed by atoms with Crippen molar-refractivity contribution in [3.05, 3.63) is 59.2 Å². The van der Waals surface area contributed by atoms with Crippen LogP contribution in [0.4, 0.5) is 5.69 Å². The predicted octanol–water partition coefficient (Wildman–Crippen LogP) is 2.75. The molecule has 2 N–H and O–H groups in total. The van der Waals surface area contributed by atoms with Crippen LogP contribution in [0.1, 0.15) is 21.5 Å². The molecule has 4 nitrogen and oxygen atoms in total. The summed E-state index contributed by atoms with van der Waals surface area (Å²) >= 11 is 0. The third kappa shape index (κ3) is 3.16. The van der Waals surface area contributed by atoms with E-state index in [1.165, 1.54) is 0 Å². The number of ether oxygens (including phenoxy) is 1. The minimum Gasteiger partial charge on any atom is -0.496 e. The number of anilines is 1. The van der Waals surface area contributed by atoms with E-state index in [-0.39, 0.29) is 12.5 Å². The van der Waals surface area contributed by atoms with Crippen LogP contribution in [-0.4, -0.2) is 18.1 Å². The smallest absolute Gasteiger partial charge is 0.255 e. The van der Waals surface area contributed by atoms with Gasteiger partial charge in [0.15, 0.2) is 0 Å². The molecular formula is C16H17NO3. The highest BCUT2D eigenvalue weighted by molar-refractivity contribution is 6.04. The molecule has 0 aliphatic rings. The third-order valence-electron chi connectivity index (χ3n) is 3.06. The van der Waals surface area contributed by atoms with Gasteiger partial charge in [-0.15, -0.1) is 0 Å². The van der Waals surface area contributed by atoms with Crippen LogP contribution in [0.15, 0.2) is 42.5 Å². The normalized spacial score (nSPS) is 10.2. The summed E-state index contributed by atoms with van der Waals surface area (Å²) < 4.78 is 5.21. The molecule has 0 unspecified atom stereocenters. The Balaban J connectivity index is 2.14. The van der Waals surface area contributed by atoms with Crippen molar-refractivity contribution in [1.82, 2.24) is 0 Å². The Morgan fingerprint density at radius 2 is 1.90 bits per heavy atom. The number of carbonyl (C=O) groups is 1. The highest BCUT2D eigenvalue weighted by Crippen LogP contribution is 2.20. The monoisotopic (exact) mass is 271 g/mol. The van der Waals surface area contributed by atoms with Crippen LogP contribution in [0.5, 0.6) is 5.75 Å². The lowest BCUT2D eigenvalue weighted by molar-refractivity contribution is 0.102. The first-order chi connectivity index (χ1) is 9.63. The number of benzene rings is 2. The standard InChI is InChI=1S/C16H17NO3/c1-11-3-6-13(9-15(11)20-2)16(19)17-14-7-4-12(10-18)5-8-14/h3-9,18H,10H2,1-2H3,(H,17,19). The molecule has 0 fully saturated rings. The molecule has 0 aliphatic heterocycles. The zero-order chi connectivity index (χ0) is 14.5. The Morgan fingerprint density at radius 1 is 1.20 bits per heavy atom. The molecule has 0 spiro atoms. The van der Waals surface area contributed by atoms with Gasteiger partial charge in [0.05, 0.1) is 13.7 Å². The number of aryl methyl sites for hydroxylation is 1. The number of methoxy groups -OCH3 is 1. The van der Waals surface area contributed by atoms with E-state index < -0.39 is 0 Å². The topological polar surface area (TPSA) is 58.6 Å². The lowest BCUT2D eigenvalue weighted by Gasteiger charge is -2.09. The quantitative estimate of drug-likeness (QED) is 0.899. The van der Waals surface area contributed by atoms with Gasteiger partial charge in [-0.25, -0.2) is 0 Å². The van der Waals surface area contributed by atoms with Crippen molar-refractivity contribution in [3.8, 4) is 5.75 Å². The van der Waals surface area contributed by atoms with Gasteiger partial charge in [0.2, 0.25) is 0 Å². The molecule has 0 aliphatic carbocycles. The molecule has 2 aromatic rings. The zero-order valence-electron chi connectivity index (χ0n) is 11.5. The average molecular weight is 271 g/mol. The average Bonchev–Trinajstić information content (AvgIpc) is 2.48. The van der Waals surface area contributed by atoms with E-state index in [2.05, 4.69) is 5.32 Å². The summed E-state index contributed by atoms with van der Waals surface area (Å²) in [6.45, 7) is 1.91. The molecule has 0 aromatic heterocycles. The first kappa shape index (κ1) is 14.1. The SMILES string of the molecule is COc1cc(C(=O)Nc2ccc(CO)cc2)ccc1C. The molecule has 2 aromatic carbocycles. The van der Waals surface area contributed by atoms with Crippen molar-refractivity contribution in [1.29, 1.82) is 0 Å². The Morgan fingerprint density at radius 3 is 2.50 bits per heavy atom. The molecule has 4 heteroatoms. The number of aliphatic hydroxyl groups excluding tert-OH is 1. The number of amides is 1. The van der Waals surface area contributed by atoms with Gasteiger partial charge in [-0.2, -0.15) is 0 Å². The van der Waals surface area contributed by atoms with E-state index in [1.807, 2.05) is 13.0 Å². The highest BCUT2D eigenvalue weighted by atomic mass is 16.5. The minimum atomic E-state index is -0.194. The molecule has 2 rings (SSSR count). The molecule has 0 saturated carbocycles. The van der Waals surface area contributed by atoms with E-state index in [4.69, 9.17) is 9.84 Å². The second-order valence-electron chi connectivity index (χ2n) is 4.49. The van der Waals surface area contributed by atoms with Gasteiger partial charge in [-0.3, -0.25) is 4.79 Å². The van der Waals surface area contributed by atoms with E-state index in [9.17, 15) is 4.79 Å². The Bertz CT molecular complexity index is 606. The Hall–Kier alpha value is -2.33. The summed E-state index contributed by atoms with van der Waals surface area (Å²) in [6, 6.07) is 12.4. The molecule has 0 bridgehead atoms. The van der Waals surface area contributed by atoms with Crippen LogP contribution in [0.3, 0.4) is 0 Å². The van der Waals surface area contributed by atoms with Gasteiger partial charge in [0, 0.05) is 11.3 Å². The van der Waals surface area contributed by atoms with Gasteiger partial charge < -0.3 is 15.2 Å². The fraction of sp³-hybridized carbons (Fsp3) is 0.188. The first-order valence-electron chi connectivity index (χ1n) is 6.30. The van der Waals surface area contributed by atoms with E-state index in [1.54, 1.807) is 43.5 Å². The van der Waals surface area contributed by atoms with E-state index in [0.29, 0.717) is 17.0 Å². The van der Waals surface area contributed by atoms with Gasteiger partial charge in [0.1, 0.15) is 5.75 Å². The maximum atomic E-state index is 12.1. The second kappa shape index (κ2) is 6.21. The maximum Gasteiger partial charge on any atom is 0.255 e. The molecule has 0 heterocycles. The Kier molecular flexibility index (Phi) is 4.38. The number of hydrogen-bond donors (Lipinski definition) is 2. The molecular weight excluding hydrogens is 254 g/mol. The largest absolute Gasteiger partial charge is 0.496 e. The lowest BCUT2D eigenvalue weighted by atomic mass is 10.1. The molecule has 20 heavy (non-hydrogen) atoms. The number of carbonyl (C=O) groups excluding carboxylic acids is 1. The molecule has 0 atom stereocenters. The molecule has 0 radical (unpaired) electrons. The van der Waals surface area contributed by atoms with Crippen molar-refractivity contribution in [2.24, 2.45) is 0 Å². The summed E-state index contributed by atoms with van der Waals surface area (Å²) in [5, 5.41) is 11.8.